The molecule has 0 saturated carbocycles. The van der Waals surface area contributed by atoms with Crippen LogP contribution in [0.3, 0.4) is 0 Å². The molecule has 0 aromatic heterocycles. The largest absolute Gasteiger partial charge is 0.330 e. The van der Waals surface area contributed by atoms with Gasteiger partial charge in [-0.25, -0.2) is 0 Å². The molecule has 0 bridgehead atoms. The standard InChI is InChI=1S/C16H18BrNS/c1-12-4-2-3-5-14(12)11-19-16-10-15(17)7-6-13(16)8-9-18/h2-7,10H,8-9,11,18H2,1H3. The first-order valence-corrected chi connectivity index (χ1v) is 8.14. The van der Waals surface area contributed by atoms with Crippen LogP contribution in [0.5, 0.6) is 0 Å². The summed E-state index contributed by atoms with van der Waals surface area (Å²) in [6.07, 6.45) is 0.934. The lowest BCUT2D eigenvalue weighted by molar-refractivity contribution is 0.943. The van der Waals surface area contributed by atoms with Gasteiger partial charge in [0.25, 0.3) is 0 Å². The van der Waals surface area contributed by atoms with Crippen molar-refractivity contribution in [2.24, 2.45) is 5.73 Å². The second-order valence-corrected chi connectivity index (χ2v) is 6.44. The molecule has 2 N–H and O–H groups in total. The molecule has 0 spiro atoms. The second kappa shape index (κ2) is 7.13. The van der Waals surface area contributed by atoms with E-state index in [9.17, 15) is 0 Å². The van der Waals surface area contributed by atoms with Gasteiger partial charge in [-0.1, -0.05) is 46.3 Å². The van der Waals surface area contributed by atoms with Crippen molar-refractivity contribution in [2.45, 2.75) is 24.0 Å². The van der Waals surface area contributed by atoms with Crippen LogP contribution in [-0.2, 0) is 12.2 Å². The molecule has 0 unspecified atom stereocenters. The van der Waals surface area contributed by atoms with Crippen LogP contribution in [-0.4, -0.2) is 6.54 Å². The summed E-state index contributed by atoms with van der Waals surface area (Å²) in [6.45, 7) is 2.86. The first-order chi connectivity index (χ1) is 9.20. The number of aryl methyl sites for hydroxylation is 1. The third kappa shape index (κ3) is 4.10. The average Bonchev–Trinajstić information content (AvgIpc) is 2.41. The van der Waals surface area contributed by atoms with Crippen LogP contribution in [0.2, 0.25) is 0 Å². The summed E-state index contributed by atoms with van der Waals surface area (Å²) in [6, 6.07) is 15.0. The Kier molecular flexibility index (Phi) is 5.49. The third-order valence-corrected chi connectivity index (χ3v) is 4.73. The van der Waals surface area contributed by atoms with E-state index < -0.39 is 0 Å². The summed E-state index contributed by atoms with van der Waals surface area (Å²) in [4.78, 5) is 1.32. The fraction of sp³-hybridized carbons (Fsp3) is 0.250. The van der Waals surface area contributed by atoms with Crippen molar-refractivity contribution in [2.75, 3.05) is 6.54 Å². The molecule has 0 aliphatic carbocycles. The molecule has 2 aromatic rings. The zero-order valence-electron chi connectivity index (χ0n) is 11.0. The number of halogens is 1. The molecule has 0 radical (unpaired) electrons. The number of thioether (sulfide) groups is 1. The van der Waals surface area contributed by atoms with Crippen LogP contribution < -0.4 is 5.73 Å². The highest BCUT2D eigenvalue weighted by atomic mass is 79.9. The molecule has 0 atom stereocenters. The average molecular weight is 336 g/mol. The van der Waals surface area contributed by atoms with Gasteiger partial charge in [0.15, 0.2) is 0 Å². The van der Waals surface area contributed by atoms with Crippen molar-refractivity contribution >= 4 is 27.7 Å². The predicted molar refractivity (Wildman–Crippen MR) is 87.6 cm³/mol. The summed E-state index contributed by atoms with van der Waals surface area (Å²) < 4.78 is 1.13. The number of nitrogens with two attached hydrogens (primary N) is 1. The first kappa shape index (κ1) is 14.6. The Morgan fingerprint density at radius 1 is 1.11 bits per heavy atom. The molecule has 0 amide bonds. The highest BCUT2D eigenvalue weighted by molar-refractivity contribution is 9.10. The minimum atomic E-state index is 0.694. The molecule has 2 aromatic carbocycles. The normalized spacial score (nSPS) is 10.7. The third-order valence-electron chi connectivity index (χ3n) is 3.09. The minimum absolute atomic E-state index is 0.694. The van der Waals surface area contributed by atoms with Gasteiger partial charge in [-0.2, -0.15) is 0 Å². The number of hydrogen-bond donors (Lipinski definition) is 1. The van der Waals surface area contributed by atoms with Crippen molar-refractivity contribution in [1.29, 1.82) is 0 Å². The predicted octanol–water partition coefficient (Wildman–Crippen LogP) is 4.55. The Morgan fingerprint density at radius 2 is 1.89 bits per heavy atom. The van der Waals surface area contributed by atoms with Crippen LogP contribution in [0.1, 0.15) is 16.7 Å². The Bertz CT molecular complexity index is 554. The monoisotopic (exact) mass is 335 g/mol. The van der Waals surface area contributed by atoms with Gasteiger partial charge in [0.2, 0.25) is 0 Å². The van der Waals surface area contributed by atoms with Crippen molar-refractivity contribution < 1.29 is 0 Å². The summed E-state index contributed by atoms with van der Waals surface area (Å²) >= 11 is 5.43. The Balaban J connectivity index is 2.14. The van der Waals surface area contributed by atoms with Crippen LogP contribution in [0.25, 0.3) is 0 Å². The topological polar surface area (TPSA) is 26.0 Å². The van der Waals surface area contributed by atoms with Crippen molar-refractivity contribution in [3.63, 3.8) is 0 Å². The maximum Gasteiger partial charge on any atom is 0.0234 e. The van der Waals surface area contributed by atoms with E-state index in [1.807, 2.05) is 11.8 Å². The fourth-order valence-corrected chi connectivity index (χ4v) is 3.67. The van der Waals surface area contributed by atoms with Crippen molar-refractivity contribution in [3.8, 4) is 0 Å². The van der Waals surface area contributed by atoms with Gasteiger partial charge in [-0.05, 0) is 48.7 Å². The molecular weight excluding hydrogens is 318 g/mol. The van der Waals surface area contributed by atoms with E-state index in [0.29, 0.717) is 6.54 Å². The van der Waals surface area contributed by atoms with E-state index in [-0.39, 0.29) is 0 Å². The molecule has 0 heterocycles. The summed E-state index contributed by atoms with van der Waals surface area (Å²) in [7, 11) is 0. The van der Waals surface area contributed by atoms with Gasteiger partial charge in [0.1, 0.15) is 0 Å². The van der Waals surface area contributed by atoms with E-state index >= 15 is 0 Å². The SMILES string of the molecule is Cc1ccccc1CSc1cc(Br)ccc1CCN. The molecular formula is C16H18BrNS. The Hall–Kier alpha value is -0.770. The Labute approximate surface area is 127 Å². The molecule has 1 nitrogen and oxygen atoms in total. The lowest BCUT2D eigenvalue weighted by atomic mass is 10.1. The van der Waals surface area contributed by atoms with Crippen LogP contribution >= 0.6 is 27.7 Å². The lowest BCUT2D eigenvalue weighted by Crippen LogP contribution is -2.03. The van der Waals surface area contributed by atoms with Crippen molar-refractivity contribution in [3.05, 3.63) is 63.6 Å². The fourth-order valence-electron chi connectivity index (χ4n) is 1.95. The zero-order valence-corrected chi connectivity index (χ0v) is 13.4. The van der Waals surface area contributed by atoms with Crippen LogP contribution in [0.4, 0.5) is 0 Å². The molecule has 2 rings (SSSR count). The summed E-state index contributed by atoms with van der Waals surface area (Å²) in [5, 5.41) is 0. The van der Waals surface area contributed by atoms with Gasteiger partial charge >= 0.3 is 0 Å². The van der Waals surface area contributed by atoms with Gasteiger partial charge < -0.3 is 5.73 Å². The Morgan fingerprint density at radius 3 is 2.63 bits per heavy atom. The van der Waals surface area contributed by atoms with E-state index in [4.69, 9.17) is 5.73 Å². The smallest absolute Gasteiger partial charge is 0.0234 e. The van der Waals surface area contributed by atoms with Gasteiger partial charge in [0.05, 0.1) is 0 Å². The number of hydrogen-bond acceptors (Lipinski definition) is 2. The summed E-state index contributed by atoms with van der Waals surface area (Å²) in [5.41, 5.74) is 9.76. The quantitative estimate of drug-likeness (QED) is 0.811. The molecule has 19 heavy (non-hydrogen) atoms. The number of rotatable bonds is 5. The highest BCUT2D eigenvalue weighted by Gasteiger charge is 2.05. The van der Waals surface area contributed by atoms with E-state index in [1.165, 1.54) is 21.6 Å². The van der Waals surface area contributed by atoms with E-state index in [1.54, 1.807) is 0 Å². The van der Waals surface area contributed by atoms with Gasteiger partial charge in [0, 0.05) is 15.1 Å². The van der Waals surface area contributed by atoms with Gasteiger partial charge in [-0.3, -0.25) is 0 Å². The zero-order chi connectivity index (χ0) is 13.7. The molecule has 0 saturated heterocycles. The summed E-state index contributed by atoms with van der Waals surface area (Å²) in [5.74, 6) is 1.00. The second-order valence-electron chi connectivity index (χ2n) is 4.51. The molecule has 3 heteroatoms. The molecule has 0 aliphatic heterocycles. The maximum atomic E-state index is 5.68. The van der Waals surface area contributed by atoms with Gasteiger partial charge in [-0.15, -0.1) is 11.8 Å². The van der Waals surface area contributed by atoms with E-state index in [0.717, 1.165) is 16.6 Å². The van der Waals surface area contributed by atoms with Crippen LogP contribution in [0.15, 0.2) is 51.8 Å². The van der Waals surface area contributed by atoms with Crippen molar-refractivity contribution in [1.82, 2.24) is 0 Å². The highest BCUT2D eigenvalue weighted by Crippen LogP contribution is 2.30. The first-order valence-electron chi connectivity index (χ1n) is 6.36. The molecule has 0 fully saturated rings. The van der Waals surface area contributed by atoms with E-state index in [2.05, 4.69) is 65.3 Å². The maximum absolute atomic E-state index is 5.68. The lowest BCUT2D eigenvalue weighted by Gasteiger charge is -2.10. The minimum Gasteiger partial charge on any atom is -0.330 e. The molecule has 0 aliphatic rings. The molecule has 100 valence electrons. The van der Waals surface area contributed by atoms with Crippen LogP contribution in [0, 0.1) is 6.92 Å². The number of benzene rings is 2.